The van der Waals surface area contributed by atoms with Gasteiger partial charge in [0, 0.05) is 75.7 Å². The number of aliphatic hydroxyl groups excluding tert-OH is 1. The summed E-state index contributed by atoms with van der Waals surface area (Å²) < 4.78 is 10.6. The number of ether oxygens (including phenoxy) is 2. The molecule has 0 saturated carbocycles. The number of carbonyl (C=O) groups is 2. The molecule has 6 unspecified atom stereocenters. The Morgan fingerprint density at radius 1 is 1.13 bits per heavy atom. The number of nitrogens with one attached hydrogen (secondary N) is 4. The maximum Gasteiger partial charge on any atom is 0.320 e. The molecule has 2 fully saturated rings. The molecule has 5 aliphatic rings. The van der Waals surface area contributed by atoms with Crippen molar-refractivity contribution < 1.29 is 24.2 Å². The second-order valence-corrected chi connectivity index (χ2v) is 13.8. The van der Waals surface area contributed by atoms with Gasteiger partial charge in [-0.3, -0.25) is 9.59 Å². The first-order valence-electron chi connectivity index (χ1n) is 17.0. The number of aromatic amines is 1. The van der Waals surface area contributed by atoms with Gasteiger partial charge in [0.1, 0.15) is 11.7 Å². The molecule has 2 saturated heterocycles. The summed E-state index contributed by atoms with van der Waals surface area (Å²) in [6.07, 6.45) is 9.12. The van der Waals surface area contributed by atoms with Gasteiger partial charge in [-0.15, -0.1) is 0 Å². The summed E-state index contributed by atoms with van der Waals surface area (Å²) >= 11 is 0. The van der Waals surface area contributed by atoms with E-state index in [0.717, 1.165) is 57.2 Å². The van der Waals surface area contributed by atoms with Gasteiger partial charge in [0.05, 0.1) is 13.7 Å². The van der Waals surface area contributed by atoms with Gasteiger partial charge in [-0.05, 0) is 80.7 Å². The van der Waals surface area contributed by atoms with Crippen LogP contribution in [0.4, 0.5) is 0 Å². The summed E-state index contributed by atoms with van der Waals surface area (Å²) in [5.74, 6) is -1.05. The van der Waals surface area contributed by atoms with Crippen LogP contribution in [0.3, 0.4) is 0 Å². The fraction of sp³-hybridized carbons (Fsp3) is 0.568. The van der Waals surface area contributed by atoms with E-state index in [0.29, 0.717) is 18.9 Å². The Balaban J connectivity index is 1.55. The lowest BCUT2D eigenvalue weighted by Crippen LogP contribution is -2.41. The third-order valence-electron chi connectivity index (χ3n) is 11.6. The number of rotatable bonds is 7. The van der Waals surface area contributed by atoms with Gasteiger partial charge in [0.25, 0.3) is 0 Å². The predicted octanol–water partition coefficient (Wildman–Crippen LogP) is 3.62. The van der Waals surface area contributed by atoms with Gasteiger partial charge in [0.15, 0.2) is 0 Å². The zero-order chi connectivity index (χ0) is 33.0. The van der Waals surface area contributed by atoms with Crippen molar-refractivity contribution >= 4 is 30.2 Å². The molecule has 0 aromatic carbocycles. The van der Waals surface area contributed by atoms with Crippen LogP contribution >= 0.6 is 0 Å². The molecule has 1 aromatic heterocycles. The topological polar surface area (TPSA) is 125 Å². The van der Waals surface area contributed by atoms with Crippen LogP contribution in [-0.2, 0) is 19.1 Å². The molecule has 4 aliphatic heterocycles. The summed E-state index contributed by atoms with van der Waals surface area (Å²) in [7, 11) is 1.37. The van der Waals surface area contributed by atoms with Gasteiger partial charge in [0.2, 0.25) is 0 Å². The molecule has 248 valence electrons. The molecule has 1 aromatic rings. The molecule has 0 spiro atoms. The van der Waals surface area contributed by atoms with E-state index in [4.69, 9.17) is 9.47 Å². The number of hydrogen-bond donors (Lipinski definition) is 5. The van der Waals surface area contributed by atoms with Gasteiger partial charge >= 0.3 is 11.9 Å². The molecule has 1 aliphatic carbocycles. The Hall–Kier alpha value is -3.72. The van der Waals surface area contributed by atoms with E-state index in [9.17, 15) is 14.7 Å². The van der Waals surface area contributed by atoms with Crippen LogP contribution in [-0.4, -0.2) is 59.9 Å². The van der Waals surface area contributed by atoms with Gasteiger partial charge in [-0.25, -0.2) is 0 Å². The Bertz CT molecular complexity index is 1660. The Morgan fingerprint density at radius 2 is 1.89 bits per heavy atom. The molecule has 0 amide bonds. The number of aromatic nitrogens is 1. The summed E-state index contributed by atoms with van der Waals surface area (Å²) in [4.78, 5) is 29.7. The second kappa shape index (κ2) is 12.5. The summed E-state index contributed by atoms with van der Waals surface area (Å²) in [5, 5.41) is 25.4. The van der Waals surface area contributed by atoms with E-state index in [1.807, 2.05) is 13.0 Å². The van der Waals surface area contributed by atoms with E-state index in [1.54, 1.807) is 0 Å². The Labute approximate surface area is 272 Å². The van der Waals surface area contributed by atoms with Crippen molar-refractivity contribution in [2.24, 2.45) is 29.6 Å². The second-order valence-electron chi connectivity index (χ2n) is 13.8. The largest absolute Gasteiger partial charge is 0.511 e. The van der Waals surface area contributed by atoms with E-state index in [-0.39, 0.29) is 60.1 Å². The van der Waals surface area contributed by atoms with Crippen molar-refractivity contribution in [3.8, 4) is 0 Å². The van der Waals surface area contributed by atoms with Crippen LogP contribution in [0.25, 0.3) is 18.2 Å². The Kier molecular flexibility index (Phi) is 8.74. The summed E-state index contributed by atoms with van der Waals surface area (Å²) in [5.41, 5.74) is 7.19. The highest BCUT2D eigenvalue weighted by molar-refractivity contribution is 5.83. The summed E-state index contributed by atoms with van der Waals surface area (Å²) in [6.45, 7) is 17.2. The van der Waals surface area contributed by atoms with E-state index >= 15 is 0 Å². The van der Waals surface area contributed by atoms with Crippen LogP contribution in [0.2, 0.25) is 0 Å². The van der Waals surface area contributed by atoms with Crippen molar-refractivity contribution in [2.75, 3.05) is 13.7 Å². The fourth-order valence-electron chi connectivity index (χ4n) is 9.02. The number of carbonyl (C=O) groups excluding carboxylic acids is 2. The van der Waals surface area contributed by atoms with Crippen LogP contribution in [0.15, 0.2) is 40.5 Å². The number of allylic oxidation sites excluding steroid dienone is 2. The quantitative estimate of drug-likeness (QED) is 0.290. The zero-order valence-corrected chi connectivity index (χ0v) is 28.3. The van der Waals surface area contributed by atoms with Crippen molar-refractivity contribution in [1.29, 1.82) is 0 Å². The van der Waals surface area contributed by atoms with Crippen molar-refractivity contribution in [3.63, 3.8) is 0 Å². The number of hydrogen-bond acceptors (Lipinski definition) is 8. The molecule has 46 heavy (non-hydrogen) atoms. The van der Waals surface area contributed by atoms with Crippen molar-refractivity contribution in [2.45, 2.75) is 91.4 Å². The monoisotopic (exact) mass is 630 g/mol. The highest BCUT2D eigenvalue weighted by atomic mass is 16.5. The molecule has 0 radical (unpaired) electrons. The highest BCUT2D eigenvalue weighted by Crippen LogP contribution is 2.50. The molecule has 8 bridgehead atoms. The minimum atomic E-state index is -0.900. The average Bonchev–Trinajstić information content (AvgIpc) is 3.77. The lowest BCUT2D eigenvalue weighted by Gasteiger charge is -2.29. The first-order valence-corrected chi connectivity index (χ1v) is 17.0. The minimum absolute atomic E-state index is 0.00515. The first kappa shape index (κ1) is 32.2. The van der Waals surface area contributed by atoms with E-state index in [1.165, 1.54) is 12.7 Å². The number of aliphatic hydroxyl groups is 1. The first-order chi connectivity index (χ1) is 22.0. The SMILES string of the molecule is C=Cc1c(C)/c2[nH]/c1=C\C1=C(C)C(CC)C(CC3NC4=C(C5NC(\C=2)[C@@H](C)[C@@H]5CCC(=O)OCC)[C@@H](C(=O)OC)C(O)=C4C3C)N1. The fourth-order valence-corrected chi connectivity index (χ4v) is 9.02. The van der Waals surface area contributed by atoms with Gasteiger partial charge < -0.3 is 35.5 Å². The van der Waals surface area contributed by atoms with Crippen LogP contribution < -0.4 is 26.6 Å². The summed E-state index contributed by atoms with van der Waals surface area (Å²) in [6, 6.07) is -0.0691. The van der Waals surface area contributed by atoms with Crippen LogP contribution in [0.5, 0.6) is 0 Å². The molecule has 9 heteroatoms. The standard InChI is InChI=1S/C37H50N4O5/c1-9-21-17(4)24-14-26-19(6)23(12-13-30(42)46-11-3)34(40-26)32-33(37(44)45-8)36(43)31-20(7)27(41-35(31)32)16-29-22(10-2)18(5)25(39-29)15-28(21)38-24/h9,14-15,19-20,22-23,26-27,29,33-34,38-41,43H,1,10-13,16H2,2-8H3/b24-14-,28-15-/t19-,20?,22?,23-,26?,27?,29?,33+,34?/m0/s1. The third-order valence-corrected chi connectivity index (χ3v) is 11.6. The third kappa shape index (κ3) is 5.11. The molecular weight excluding hydrogens is 580 g/mol. The van der Waals surface area contributed by atoms with E-state index in [2.05, 4.69) is 74.3 Å². The van der Waals surface area contributed by atoms with Crippen molar-refractivity contribution in [1.82, 2.24) is 20.9 Å². The normalized spacial score (nSPS) is 34.5. The zero-order valence-electron chi connectivity index (χ0n) is 28.3. The van der Waals surface area contributed by atoms with Crippen LogP contribution in [0, 0.1) is 36.5 Å². The minimum Gasteiger partial charge on any atom is -0.511 e. The molecule has 9 nitrogen and oxygen atoms in total. The predicted molar refractivity (Wildman–Crippen MR) is 179 cm³/mol. The maximum absolute atomic E-state index is 13.4. The maximum atomic E-state index is 13.4. The van der Waals surface area contributed by atoms with Crippen LogP contribution in [0.1, 0.15) is 71.4 Å². The lowest BCUT2D eigenvalue weighted by atomic mass is 9.79. The smallest absolute Gasteiger partial charge is 0.320 e. The molecule has 5 N–H and O–H groups in total. The van der Waals surface area contributed by atoms with E-state index < -0.39 is 11.9 Å². The molecular formula is C37H50N4O5. The van der Waals surface area contributed by atoms with Crippen molar-refractivity contribution in [3.05, 3.63) is 62.3 Å². The number of esters is 2. The Morgan fingerprint density at radius 3 is 2.57 bits per heavy atom. The average molecular weight is 631 g/mol. The number of fused-ring (bicyclic) bond motifs is 8. The van der Waals surface area contributed by atoms with Gasteiger partial charge in [-0.1, -0.05) is 33.4 Å². The lowest BCUT2D eigenvalue weighted by molar-refractivity contribution is -0.144. The highest BCUT2D eigenvalue weighted by Gasteiger charge is 2.53. The molecule has 6 rings (SSSR count). The number of H-pyrrole nitrogens is 1. The van der Waals surface area contributed by atoms with Gasteiger partial charge in [-0.2, -0.15) is 0 Å². The molecule has 9 atom stereocenters. The number of methoxy groups -OCH3 is 1. The molecule has 5 heterocycles.